The molecule has 34 heavy (non-hydrogen) atoms. The van der Waals surface area contributed by atoms with Gasteiger partial charge in [0, 0.05) is 58.2 Å². The maximum atomic E-state index is 13.2. The van der Waals surface area contributed by atoms with Crippen molar-refractivity contribution >= 4 is 17.3 Å². The first kappa shape index (κ1) is 23.8. The molecule has 1 aliphatic heterocycles. The minimum Gasteiger partial charge on any atom is -0.378 e. The van der Waals surface area contributed by atoms with E-state index in [0.29, 0.717) is 6.54 Å². The van der Waals surface area contributed by atoms with Crippen molar-refractivity contribution < 1.29 is 9.18 Å². The summed E-state index contributed by atoms with van der Waals surface area (Å²) < 4.78 is 13.2. The SMILES string of the molecule is CN(C)c1ccc([C@H](CNC(=O)Cc2ccc(F)cc2)N2CCN(c3ccccc3)CC2)cc1. The number of rotatable bonds is 8. The van der Waals surface area contributed by atoms with E-state index in [1.807, 2.05) is 20.2 Å². The Morgan fingerprint density at radius 1 is 0.912 bits per heavy atom. The maximum Gasteiger partial charge on any atom is 0.224 e. The lowest BCUT2D eigenvalue weighted by molar-refractivity contribution is -0.120. The summed E-state index contributed by atoms with van der Waals surface area (Å²) in [6.07, 6.45) is 0.244. The second-order valence-electron chi connectivity index (χ2n) is 8.97. The zero-order valence-electron chi connectivity index (χ0n) is 20.0. The Morgan fingerprint density at radius 2 is 1.56 bits per heavy atom. The number of piperazine rings is 1. The number of para-hydroxylation sites is 1. The Bertz CT molecular complexity index is 1050. The van der Waals surface area contributed by atoms with Crippen LogP contribution in [-0.4, -0.2) is 57.6 Å². The molecule has 1 amide bonds. The summed E-state index contributed by atoms with van der Waals surface area (Å²) in [5, 5.41) is 3.12. The zero-order valence-corrected chi connectivity index (χ0v) is 20.0. The second kappa shape index (κ2) is 11.2. The van der Waals surface area contributed by atoms with Gasteiger partial charge < -0.3 is 15.1 Å². The Morgan fingerprint density at radius 3 is 2.18 bits per heavy atom. The highest BCUT2D eigenvalue weighted by Gasteiger charge is 2.26. The number of nitrogens with one attached hydrogen (secondary N) is 1. The van der Waals surface area contributed by atoms with Crippen LogP contribution in [0.1, 0.15) is 17.2 Å². The third-order valence-corrected chi connectivity index (χ3v) is 6.44. The Balaban J connectivity index is 1.43. The van der Waals surface area contributed by atoms with E-state index >= 15 is 0 Å². The van der Waals surface area contributed by atoms with Crippen LogP contribution in [0.4, 0.5) is 15.8 Å². The van der Waals surface area contributed by atoms with E-state index in [2.05, 4.69) is 68.5 Å². The third kappa shape index (κ3) is 6.14. The van der Waals surface area contributed by atoms with E-state index in [0.717, 1.165) is 37.4 Å². The fourth-order valence-electron chi connectivity index (χ4n) is 4.44. The summed E-state index contributed by atoms with van der Waals surface area (Å²) in [5.41, 5.74) is 4.40. The lowest BCUT2D eigenvalue weighted by Gasteiger charge is -2.40. The van der Waals surface area contributed by atoms with Crippen LogP contribution < -0.4 is 15.1 Å². The van der Waals surface area contributed by atoms with Crippen LogP contribution in [0.5, 0.6) is 0 Å². The van der Waals surface area contributed by atoms with Crippen molar-refractivity contribution in [3.63, 3.8) is 0 Å². The molecule has 1 N–H and O–H groups in total. The van der Waals surface area contributed by atoms with Gasteiger partial charge in [-0.3, -0.25) is 9.69 Å². The number of carbonyl (C=O) groups excluding carboxylic acids is 1. The first-order valence-electron chi connectivity index (χ1n) is 11.8. The quantitative estimate of drug-likeness (QED) is 0.549. The highest BCUT2D eigenvalue weighted by Crippen LogP contribution is 2.25. The monoisotopic (exact) mass is 460 g/mol. The molecule has 178 valence electrons. The molecule has 0 aromatic heterocycles. The van der Waals surface area contributed by atoms with Gasteiger partial charge in [-0.25, -0.2) is 4.39 Å². The van der Waals surface area contributed by atoms with Crippen molar-refractivity contribution in [2.75, 3.05) is 56.6 Å². The first-order chi connectivity index (χ1) is 16.5. The molecule has 4 rings (SSSR count). The standard InChI is InChI=1S/C28H33FN4O/c1-31(2)25-14-10-23(11-15-25)27(21-30-28(34)20-22-8-12-24(29)13-9-22)33-18-16-32(17-19-33)26-6-4-3-5-7-26/h3-15,27H,16-21H2,1-2H3,(H,30,34)/t27-/m0/s1. The number of benzene rings is 3. The molecule has 1 heterocycles. The first-order valence-corrected chi connectivity index (χ1v) is 11.8. The van der Waals surface area contributed by atoms with Crippen molar-refractivity contribution in [3.05, 3.63) is 95.8 Å². The molecular weight excluding hydrogens is 427 g/mol. The van der Waals surface area contributed by atoms with Crippen molar-refractivity contribution in [1.82, 2.24) is 10.2 Å². The predicted octanol–water partition coefficient (Wildman–Crippen LogP) is 4.11. The minimum absolute atomic E-state index is 0.0514. The summed E-state index contributed by atoms with van der Waals surface area (Å²) in [4.78, 5) is 19.6. The average Bonchev–Trinajstić information content (AvgIpc) is 2.87. The molecule has 0 bridgehead atoms. The van der Waals surface area contributed by atoms with Gasteiger partial charge in [0.05, 0.1) is 12.5 Å². The molecule has 0 unspecified atom stereocenters. The predicted molar refractivity (Wildman–Crippen MR) is 137 cm³/mol. The second-order valence-corrected chi connectivity index (χ2v) is 8.97. The lowest BCUT2D eigenvalue weighted by Crippen LogP contribution is -2.50. The summed E-state index contributed by atoms with van der Waals surface area (Å²) in [7, 11) is 4.07. The molecule has 5 nitrogen and oxygen atoms in total. The summed E-state index contributed by atoms with van der Waals surface area (Å²) in [6.45, 7) is 4.26. The van der Waals surface area contributed by atoms with Crippen LogP contribution in [0.3, 0.4) is 0 Å². The molecule has 0 radical (unpaired) electrons. The maximum absolute atomic E-state index is 13.2. The molecule has 1 aliphatic rings. The van der Waals surface area contributed by atoms with Gasteiger partial charge in [-0.2, -0.15) is 0 Å². The molecule has 1 atom stereocenters. The van der Waals surface area contributed by atoms with Crippen LogP contribution in [0.2, 0.25) is 0 Å². The summed E-state index contributed by atoms with van der Waals surface area (Å²) in [5.74, 6) is -0.343. The van der Waals surface area contributed by atoms with Crippen molar-refractivity contribution in [3.8, 4) is 0 Å². The van der Waals surface area contributed by atoms with Crippen LogP contribution >= 0.6 is 0 Å². The van der Waals surface area contributed by atoms with Crippen molar-refractivity contribution in [2.24, 2.45) is 0 Å². The number of halogens is 1. The van der Waals surface area contributed by atoms with E-state index < -0.39 is 0 Å². The Hall–Kier alpha value is -3.38. The van der Waals surface area contributed by atoms with Crippen LogP contribution in [-0.2, 0) is 11.2 Å². The van der Waals surface area contributed by atoms with E-state index in [1.54, 1.807) is 12.1 Å². The normalized spacial score (nSPS) is 15.1. The van der Waals surface area contributed by atoms with Crippen LogP contribution in [0.25, 0.3) is 0 Å². The van der Waals surface area contributed by atoms with Gasteiger partial charge in [-0.1, -0.05) is 42.5 Å². The van der Waals surface area contributed by atoms with E-state index in [4.69, 9.17) is 0 Å². The number of amides is 1. The van der Waals surface area contributed by atoms with Gasteiger partial charge in [0.1, 0.15) is 5.82 Å². The zero-order chi connectivity index (χ0) is 23.9. The van der Waals surface area contributed by atoms with Crippen LogP contribution in [0, 0.1) is 5.82 Å². The van der Waals surface area contributed by atoms with Crippen LogP contribution in [0.15, 0.2) is 78.9 Å². The molecular formula is C28H33FN4O. The Kier molecular flexibility index (Phi) is 7.80. The molecule has 0 saturated carbocycles. The summed E-state index contributed by atoms with van der Waals surface area (Å²) in [6, 6.07) is 25.3. The van der Waals surface area contributed by atoms with Gasteiger partial charge in [-0.15, -0.1) is 0 Å². The smallest absolute Gasteiger partial charge is 0.224 e. The number of nitrogens with zero attached hydrogens (tertiary/aromatic N) is 3. The number of hydrogen-bond acceptors (Lipinski definition) is 4. The number of anilines is 2. The lowest BCUT2D eigenvalue weighted by atomic mass is 10.0. The molecule has 0 spiro atoms. The topological polar surface area (TPSA) is 38.8 Å². The van der Waals surface area contributed by atoms with Gasteiger partial charge in [-0.05, 0) is 47.5 Å². The van der Waals surface area contributed by atoms with E-state index in [-0.39, 0.29) is 24.2 Å². The molecule has 3 aromatic rings. The van der Waals surface area contributed by atoms with Gasteiger partial charge >= 0.3 is 0 Å². The van der Waals surface area contributed by atoms with Gasteiger partial charge in [0.2, 0.25) is 5.91 Å². The molecule has 1 fully saturated rings. The third-order valence-electron chi connectivity index (χ3n) is 6.44. The van der Waals surface area contributed by atoms with Gasteiger partial charge in [0.25, 0.3) is 0 Å². The van der Waals surface area contributed by atoms with Crippen molar-refractivity contribution in [1.29, 1.82) is 0 Å². The van der Waals surface area contributed by atoms with Gasteiger partial charge in [0.15, 0.2) is 0 Å². The van der Waals surface area contributed by atoms with Crippen molar-refractivity contribution in [2.45, 2.75) is 12.5 Å². The average molecular weight is 461 g/mol. The highest BCUT2D eigenvalue weighted by molar-refractivity contribution is 5.78. The minimum atomic E-state index is -0.292. The molecule has 6 heteroatoms. The highest BCUT2D eigenvalue weighted by atomic mass is 19.1. The molecule has 1 saturated heterocycles. The number of hydrogen-bond donors (Lipinski definition) is 1. The largest absolute Gasteiger partial charge is 0.378 e. The number of carbonyl (C=O) groups is 1. The molecule has 3 aromatic carbocycles. The summed E-state index contributed by atoms with van der Waals surface area (Å²) >= 11 is 0. The Labute approximate surface area is 201 Å². The van der Waals surface area contributed by atoms with E-state index in [9.17, 15) is 9.18 Å². The molecule has 0 aliphatic carbocycles. The fourth-order valence-corrected chi connectivity index (χ4v) is 4.44. The fraction of sp³-hybridized carbons (Fsp3) is 0.321. The van der Waals surface area contributed by atoms with E-state index in [1.165, 1.54) is 23.4 Å².